The molecule has 90 valence electrons. The Kier molecular flexibility index (Phi) is 4.40. The van der Waals surface area contributed by atoms with Crippen molar-refractivity contribution in [3.63, 3.8) is 0 Å². The molecule has 5 nitrogen and oxygen atoms in total. The Bertz CT molecular complexity index is 428. The van der Waals surface area contributed by atoms with Crippen LogP contribution in [0.25, 0.3) is 0 Å². The van der Waals surface area contributed by atoms with Gasteiger partial charge in [0.25, 0.3) is 0 Å². The van der Waals surface area contributed by atoms with Gasteiger partial charge in [-0.2, -0.15) is 0 Å². The van der Waals surface area contributed by atoms with Crippen LogP contribution in [0.1, 0.15) is 18.2 Å². The molecule has 0 fully saturated rings. The van der Waals surface area contributed by atoms with Crippen LogP contribution in [0.2, 0.25) is 0 Å². The van der Waals surface area contributed by atoms with Crippen molar-refractivity contribution in [1.82, 2.24) is 9.71 Å². The number of nitrogens with one attached hydrogen (secondary N) is 1. The first-order valence-electron chi connectivity index (χ1n) is 4.96. The number of aliphatic hydroxyl groups is 1. The summed E-state index contributed by atoms with van der Waals surface area (Å²) >= 11 is 0. The highest BCUT2D eigenvalue weighted by Gasteiger charge is 2.18. The third-order valence-corrected chi connectivity index (χ3v) is 3.99. The lowest BCUT2D eigenvalue weighted by Crippen LogP contribution is -2.34. The first-order valence-corrected chi connectivity index (χ1v) is 6.51. The zero-order valence-corrected chi connectivity index (χ0v) is 10.2. The molecule has 0 aliphatic carbocycles. The molecule has 16 heavy (non-hydrogen) atoms. The second-order valence-electron chi connectivity index (χ2n) is 3.67. The Hall–Kier alpha value is -0.980. The molecular formula is C10H16N2O3S. The normalized spacial score (nSPS) is 13.7. The molecule has 0 radical (unpaired) electrons. The van der Waals surface area contributed by atoms with Crippen molar-refractivity contribution in [2.24, 2.45) is 0 Å². The van der Waals surface area contributed by atoms with E-state index in [9.17, 15) is 8.42 Å². The maximum absolute atomic E-state index is 11.5. The average Bonchev–Trinajstić information content (AvgIpc) is 2.27. The van der Waals surface area contributed by atoms with Crippen molar-refractivity contribution in [2.75, 3.05) is 6.61 Å². The molecule has 1 unspecified atom stereocenters. The van der Waals surface area contributed by atoms with E-state index < -0.39 is 15.3 Å². The number of aromatic nitrogens is 1. The highest BCUT2D eigenvalue weighted by atomic mass is 32.2. The molecule has 1 rings (SSSR count). The van der Waals surface area contributed by atoms with Crippen molar-refractivity contribution in [3.8, 4) is 0 Å². The van der Waals surface area contributed by atoms with Crippen molar-refractivity contribution in [1.29, 1.82) is 0 Å². The van der Waals surface area contributed by atoms with Crippen LogP contribution in [0, 0.1) is 6.92 Å². The van der Waals surface area contributed by atoms with Gasteiger partial charge in [0.05, 0.1) is 11.9 Å². The molecule has 0 saturated carbocycles. The van der Waals surface area contributed by atoms with Crippen molar-refractivity contribution >= 4 is 10.0 Å². The first-order chi connectivity index (χ1) is 7.45. The first kappa shape index (κ1) is 13.1. The Morgan fingerprint density at radius 2 is 2.19 bits per heavy atom. The molecule has 0 bridgehead atoms. The molecule has 0 saturated heterocycles. The second kappa shape index (κ2) is 5.38. The summed E-state index contributed by atoms with van der Waals surface area (Å²) in [5.41, 5.74) is 1.68. The van der Waals surface area contributed by atoms with Crippen LogP contribution in [0.5, 0.6) is 0 Å². The predicted octanol–water partition coefficient (Wildman–Crippen LogP) is 0.190. The van der Waals surface area contributed by atoms with Crippen LogP contribution in [-0.4, -0.2) is 30.4 Å². The zero-order valence-electron chi connectivity index (χ0n) is 9.34. The lowest BCUT2D eigenvalue weighted by atomic mass is 10.2. The summed E-state index contributed by atoms with van der Waals surface area (Å²) in [5.74, 6) is 0. The number of hydrogen-bond acceptors (Lipinski definition) is 4. The number of rotatable bonds is 5. The summed E-state index contributed by atoms with van der Waals surface area (Å²) in [5, 5.41) is 7.97. The predicted molar refractivity (Wildman–Crippen MR) is 61.3 cm³/mol. The number of aliphatic hydroxyl groups excluding tert-OH is 1. The van der Waals surface area contributed by atoms with Crippen LogP contribution in [-0.2, 0) is 16.6 Å². The lowest BCUT2D eigenvalue weighted by Gasteiger charge is -2.11. The summed E-state index contributed by atoms with van der Waals surface area (Å²) in [6.07, 6.45) is 1.63. The molecule has 1 aromatic heterocycles. The van der Waals surface area contributed by atoms with Gasteiger partial charge in [-0.05, 0) is 25.5 Å². The number of sulfonamides is 1. The van der Waals surface area contributed by atoms with Crippen LogP contribution in [0.15, 0.2) is 18.3 Å². The summed E-state index contributed by atoms with van der Waals surface area (Å²) < 4.78 is 25.4. The minimum atomic E-state index is -3.45. The summed E-state index contributed by atoms with van der Waals surface area (Å²) in [7, 11) is -3.45. The van der Waals surface area contributed by atoms with Crippen LogP contribution >= 0.6 is 0 Å². The minimum Gasteiger partial charge on any atom is -0.395 e. The van der Waals surface area contributed by atoms with Gasteiger partial charge in [-0.15, -0.1) is 0 Å². The molecule has 1 aromatic rings. The molecule has 2 N–H and O–H groups in total. The zero-order chi connectivity index (χ0) is 12.2. The van der Waals surface area contributed by atoms with Gasteiger partial charge in [-0.1, -0.05) is 6.07 Å². The van der Waals surface area contributed by atoms with E-state index >= 15 is 0 Å². The summed E-state index contributed by atoms with van der Waals surface area (Å²) in [6, 6.07) is 3.63. The van der Waals surface area contributed by atoms with Gasteiger partial charge in [0.1, 0.15) is 0 Å². The highest BCUT2D eigenvalue weighted by Crippen LogP contribution is 2.02. The van der Waals surface area contributed by atoms with E-state index in [4.69, 9.17) is 5.11 Å². The summed E-state index contributed by atoms with van der Waals surface area (Å²) in [6.45, 7) is 3.12. The maximum Gasteiger partial charge on any atom is 0.216 e. The number of aryl methyl sites for hydroxylation is 1. The molecule has 0 aromatic carbocycles. The second-order valence-corrected chi connectivity index (χ2v) is 5.85. The summed E-state index contributed by atoms with van der Waals surface area (Å²) in [4.78, 5) is 4.06. The monoisotopic (exact) mass is 244 g/mol. The van der Waals surface area contributed by atoms with Crippen molar-refractivity contribution < 1.29 is 13.5 Å². The lowest BCUT2D eigenvalue weighted by molar-refractivity contribution is 0.294. The van der Waals surface area contributed by atoms with Crippen LogP contribution in [0.3, 0.4) is 0 Å². The average molecular weight is 244 g/mol. The van der Waals surface area contributed by atoms with Gasteiger partial charge < -0.3 is 5.11 Å². The van der Waals surface area contributed by atoms with Gasteiger partial charge in [0.15, 0.2) is 0 Å². The quantitative estimate of drug-likeness (QED) is 0.775. The molecule has 1 atom stereocenters. The van der Waals surface area contributed by atoms with E-state index in [2.05, 4.69) is 9.71 Å². The van der Waals surface area contributed by atoms with E-state index in [0.29, 0.717) is 0 Å². The fourth-order valence-corrected chi connectivity index (χ4v) is 1.88. The van der Waals surface area contributed by atoms with Crippen molar-refractivity contribution in [3.05, 3.63) is 29.6 Å². The minimum absolute atomic E-state index is 0.194. The number of pyridine rings is 1. The van der Waals surface area contributed by atoms with E-state index in [0.717, 1.165) is 11.3 Å². The smallest absolute Gasteiger partial charge is 0.216 e. The molecule has 0 amide bonds. The fourth-order valence-electron chi connectivity index (χ4n) is 1.03. The Labute approximate surface area is 95.6 Å². The molecule has 0 spiro atoms. The van der Waals surface area contributed by atoms with E-state index in [-0.39, 0.29) is 13.2 Å². The molecule has 0 aliphatic heterocycles. The molecule has 0 aliphatic rings. The van der Waals surface area contributed by atoms with E-state index in [1.807, 2.05) is 19.1 Å². The molecule has 1 heterocycles. The van der Waals surface area contributed by atoms with Gasteiger partial charge in [0, 0.05) is 18.4 Å². The topological polar surface area (TPSA) is 79.3 Å². The number of hydrogen-bond donors (Lipinski definition) is 2. The Morgan fingerprint density at radius 3 is 2.69 bits per heavy atom. The molecular weight excluding hydrogens is 228 g/mol. The third kappa shape index (κ3) is 3.55. The Balaban J connectivity index is 2.61. The van der Waals surface area contributed by atoms with Crippen LogP contribution < -0.4 is 4.72 Å². The van der Waals surface area contributed by atoms with Gasteiger partial charge >= 0.3 is 0 Å². The van der Waals surface area contributed by atoms with Gasteiger partial charge in [-0.3, -0.25) is 4.98 Å². The standard InChI is InChI=1S/C10H16N2O3S/c1-8-3-4-10(5-11-8)6-12-16(14,15)9(2)7-13/h3-5,9,12-13H,6-7H2,1-2H3. The van der Waals surface area contributed by atoms with Gasteiger partial charge in [0.2, 0.25) is 10.0 Å². The van der Waals surface area contributed by atoms with Crippen molar-refractivity contribution in [2.45, 2.75) is 25.6 Å². The van der Waals surface area contributed by atoms with Gasteiger partial charge in [-0.25, -0.2) is 13.1 Å². The third-order valence-electron chi connectivity index (χ3n) is 2.24. The maximum atomic E-state index is 11.5. The fraction of sp³-hybridized carbons (Fsp3) is 0.500. The SMILES string of the molecule is Cc1ccc(CNS(=O)(=O)C(C)CO)cn1. The van der Waals surface area contributed by atoms with Crippen LogP contribution in [0.4, 0.5) is 0 Å². The van der Waals surface area contributed by atoms with E-state index in [1.54, 1.807) is 6.20 Å². The largest absolute Gasteiger partial charge is 0.395 e. The number of nitrogens with zero attached hydrogens (tertiary/aromatic N) is 1. The molecule has 6 heteroatoms. The van der Waals surface area contributed by atoms with E-state index in [1.165, 1.54) is 6.92 Å². The highest BCUT2D eigenvalue weighted by molar-refractivity contribution is 7.90. The Morgan fingerprint density at radius 1 is 1.50 bits per heavy atom.